The molecule has 0 bridgehead atoms. The minimum atomic E-state index is -3.16. The number of carbonyl (C=O) groups is 1. The highest BCUT2D eigenvalue weighted by atomic mass is 35.5. The third-order valence-electron chi connectivity index (χ3n) is 6.60. The molecular formula is C29H31Cl2NO4S. The Balaban J connectivity index is 1.49. The highest BCUT2D eigenvalue weighted by molar-refractivity contribution is 7.91. The lowest BCUT2D eigenvalue weighted by Crippen LogP contribution is -2.43. The van der Waals surface area contributed by atoms with Crippen molar-refractivity contribution in [2.45, 2.75) is 45.2 Å². The molecule has 1 unspecified atom stereocenters. The molecule has 5 nitrogen and oxygen atoms in total. The molecule has 0 radical (unpaired) electrons. The van der Waals surface area contributed by atoms with Gasteiger partial charge in [0, 0.05) is 28.2 Å². The van der Waals surface area contributed by atoms with E-state index >= 15 is 0 Å². The largest absolute Gasteiger partial charge is 0.484 e. The van der Waals surface area contributed by atoms with Gasteiger partial charge in [-0.2, -0.15) is 0 Å². The minimum Gasteiger partial charge on any atom is -0.484 e. The average molecular weight is 561 g/mol. The van der Waals surface area contributed by atoms with E-state index in [0.717, 1.165) is 16.7 Å². The first kappa shape index (κ1) is 27.5. The molecule has 1 atom stereocenters. The quantitative estimate of drug-likeness (QED) is 0.329. The number of rotatable bonds is 7. The van der Waals surface area contributed by atoms with Crippen molar-refractivity contribution in [1.29, 1.82) is 0 Å². The van der Waals surface area contributed by atoms with Crippen molar-refractivity contribution in [2.75, 3.05) is 18.1 Å². The summed E-state index contributed by atoms with van der Waals surface area (Å²) < 4.78 is 30.2. The van der Waals surface area contributed by atoms with Crippen LogP contribution in [0.3, 0.4) is 0 Å². The van der Waals surface area contributed by atoms with Gasteiger partial charge in [0.15, 0.2) is 16.4 Å². The van der Waals surface area contributed by atoms with Crippen LogP contribution in [0.15, 0.2) is 66.7 Å². The summed E-state index contributed by atoms with van der Waals surface area (Å²) in [5.74, 6) is 0.415. The fraction of sp³-hybridized carbons (Fsp3) is 0.345. The molecule has 1 fully saturated rings. The molecule has 0 saturated carbocycles. The molecule has 37 heavy (non-hydrogen) atoms. The maximum absolute atomic E-state index is 13.3. The number of sulfone groups is 1. The van der Waals surface area contributed by atoms with Crippen molar-refractivity contribution in [3.8, 4) is 16.9 Å². The summed E-state index contributed by atoms with van der Waals surface area (Å²) in [5, 5.41) is 1.12. The van der Waals surface area contributed by atoms with E-state index in [1.165, 1.54) is 5.56 Å². The summed E-state index contributed by atoms with van der Waals surface area (Å²) in [7, 11) is -3.16. The number of halogens is 2. The Kier molecular flexibility index (Phi) is 8.22. The van der Waals surface area contributed by atoms with E-state index in [-0.39, 0.29) is 35.5 Å². The van der Waals surface area contributed by atoms with Gasteiger partial charge in [-0.3, -0.25) is 4.79 Å². The molecule has 1 aliphatic heterocycles. The van der Waals surface area contributed by atoms with Crippen molar-refractivity contribution in [1.82, 2.24) is 4.90 Å². The van der Waals surface area contributed by atoms with Gasteiger partial charge < -0.3 is 9.64 Å². The number of nitrogens with zero attached hydrogens (tertiary/aromatic N) is 1. The highest BCUT2D eigenvalue weighted by Gasteiger charge is 2.34. The number of benzene rings is 3. The second-order valence-corrected chi connectivity index (χ2v) is 13.5. The molecule has 0 aromatic heterocycles. The fourth-order valence-electron chi connectivity index (χ4n) is 4.43. The Labute approximate surface area is 229 Å². The van der Waals surface area contributed by atoms with Gasteiger partial charge in [-0.15, -0.1) is 0 Å². The van der Waals surface area contributed by atoms with Crippen molar-refractivity contribution < 1.29 is 17.9 Å². The van der Waals surface area contributed by atoms with Crippen LogP contribution in [0.25, 0.3) is 11.1 Å². The molecule has 1 heterocycles. The minimum absolute atomic E-state index is 0.0214. The predicted octanol–water partition coefficient (Wildman–Crippen LogP) is 6.55. The van der Waals surface area contributed by atoms with Gasteiger partial charge in [0.25, 0.3) is 5.91 Å². The van der Waals surface area contributed by atoms with Crippen LogP contribution in [-0.4, -0.2) is 43.4 Å². The first-order valence-electron chi connectivity index (χ1n) is 12.2. The van der Waals surface area contributed by atoms with Crippen LogP contribution < -0.4 is 4.74 Å². The van der Waals surface area contributed by atoms with Crippen LogP contribution in [-0.2, 0) is 26.6 Å². The maximum atomic E-state index is 13.3. The molecule has 1 saturated heterocycles. The Bertz CT molecular complexity index is 1360. The van der Waals surface area contributed by atoms with Crippen molar-refractivity contribution in [2.24, 2.45) is 0 Å². The SMILES string of the molecule is CC(C)(C)c1ccc(OCC(=O)N(Cc2ccc(-c3ccc(Cl)cc3Cl)cc2)C2CCS(=O)(=O)C2)cc1. The first-order chi connectivity index (χ1) is 17.4. The molecule has 4 rings (SSSR count). The number of hydrogen-bond donors (Lipinski definition) is 0. The van der Waals surface area contributed by atoms with Crippen molar-refractivity contribution in [3.63, 3.8) is 0 Å². The first-order valence-corrected chi connectivity index (χ1v) is 14.8. The van der Waals surface area contributed by atoms with Gasteiger partial charge in [-0.25, -0.2) is 8.42 Å². The molecule has 196 valence electrons. The zero-order valence-corrected chi connectivity index (χ0v) is 23.5. The van der Waals surface area contributed by atoms with Gasteiger partial charge in [-0.05, 0) is 52.8 Å². The van der Waals surface area contributed by atoms with Gasteiger partial charge in [0.2, 0.25) is 0 Å². The molecule has 0 spiro atoms. The van der Waals surface area contributed by atoms with Gasteiger partial charge in [0.05, 0.1) is 11.5 Å². The van der Waals surface area contributed by atoms with E-state index in [9.17, 15) is 13.2 Å². The van der Waals surface area contributed by atoms with E-state index in [0.29, 0.717) is 28.8 Å². The van der Waals surface area contributed by atoms with E-state index < -0.39 is 9.84 Å². The second-order valence-electron chi connectivity index (χ2n) is 10.5. The van der Waals surface area contributed by atoms with Gasteiger partial charge in [0.1, 0.15) is 5.75 Å². The third-order valence-corrected chi connectivity index (χ3v) is 8.90. The van der Waals surface area contributed by atoms with E-state index in [4.69, 9.17) is 27.9 Å². The molecular weight excluding hydrogens is 529 g/mol. The maximum Gasteiger partial charge on any atom is 0.261 e. The molecule has 0 aliphatic carbocycles. The van der Waals surface area contributed by atoms with E-state index in [1.54, 1.807) is 17.0 Å². The normalized spacial score (nSPS) is 16.9. The van der Waals surface area contributed by atoms with Crippen LogP contribution in [0.1, 0.15) is 38.3 Å². The highest BCUT2D eigenvalue weighted by Crippen LogP contribution is 2.31. The summed E-state index contributed by atoms with van der Waals surface area (Å²) in [6.45, 7) is 6.54. The van der Waals surface area contributed by atoms with Crippen LogP contribution >= 0.6 is 23.2 Å². The number of amides is 1. The lowest BCUT2D eigenvalue weighted by molar-refractivity contribution is -0.136. The van der Waals surface area contributed by atoms with Crippen molar-refractivity contribution in [3.05, 3.63) is 87.9 Å². The standard InChI is InChI=1S/C29H31Cl2NO4S/c1-29(2,3)22-8-11-25(12-9-22)36-18-28(33)32(24-14-15-37(34,35)19-24)17-20-4-6-21(7-5-20)26-13-10-23(30)16-27(26)31/h4-13,16,24H,14-15,17-19H2,1-3H3. The summed E-state index contributed by atoms with van der Waals surface area (Å²) in [6.07, 6.45) is 0.423. The number of ether oxygens (including phenoxy) is 1. The zero-order chi connectivity index (χ0) is 26.8. The topological polar surface area (TPSA) is 63.7 Å². The monoisotopic (exact) mass is 559 g/mol. The molecule has 1 amide bonds. The zero-order valence-electron chi connectivity index (χ0n) is 21.2. The summed E-state index contributed by atoms with van der Waals surface area (Å²) in [6, 6.07) is 20.4. The molecule has 1 aliphatic rings. The third kappa shape index (κ3) is 7.07. The number of carbonyl (C=O) groups excluding carboxylic acids is 1. The molecule has 3 aromatic carbocycles. The van der Waals surface area contributed by atoms with Gasteiger partial charge >= 0.3 is 0 Å². The molecule has 0 N–H and O–H groups in total. The lowest BCUT2D eigenvalue weighted by Gasteiger charge is -2.28. The Morgan fingerprint density at radius 3 is 2.24 bits per heavy atom. The Morgan fingerprint density at radius 1 is 1.00 bits per heavy atom. The van der Waals surface area contributed by atoms with E-state index in [1.807, 2.05) is 54.6 Å². The van der Waals surface area contributed by atoms with Crippen LogP contribution in [0, 0.1) is 0 Å². The smallest absolute Gasteiger partial charge is 0.261 e. The number of hydrogen-bond acceptors (Lipinski definition) is 4. The Hall–Kier alpha value is -2.54. The summed E-state index contributed by atoms with van der Waals surface area (Å²) >= 11 is 12.4. The molecule has 8 heteroatoms. The van der Waals surface area contributed by atoms with Crippen LogP contribution in [0.2, 0.25) is 10.0 Å². The molecule has 3 aromatic rings. The summed E-state index contributed by atoms with van der Waals surface area (Å²) in [4.78, 5) is 14.9. The van der Waals surface area contributed by atoms with E-state index in [2.05, 4.69) is 20.8 Å². The average Bonchev–Trinajstić information content (AvgIpc) is 3.20. The second kappa shape index (κ2) is 11.1. The lowest BCUT2D eigenvalue weighted by atomic mass is 9.87. The van der Waals surface area contributed by atoms with Gasteiger partial charge in [-0.1, -0.05) is 86.4 Å². The van der Waals surface area contributed by atoms with Crippen LogP contribution in [0.4, 0.5) is 0 Å². The predicted molar refractivity (Wildman–Crippen MR) is 150 cm³/mol. The fourth-order valence-corrected chi connectivity index (χ4v) is 6.68. The van der Waals surface area contributed by atoms with Crippen molar-refractivity contribution >= 4 is 38.9 Å². The van der Waals surface area contributed by atoms with Crippen LogP contribution in [0.5, 0.6) is 5.75 Å². The Morgan fingerprint density at radius 2 is 1.68 bits per heavy atom. The summed E-state index contributed by atoms with van der Waals surface area (Å²) in [5.41, 5.74) is 3.87.